The smallest absolute Gasteiger partial charge is 0.462 e. The van der Waals surface area contributed by atoms with Gasteiger partial charge in [-0.15, -0.1) is 0 Å². The molecule has 0 aliphatic rings. The van der Waals surface area contributed by atoms with E-state index >= 15 is 0 Å². The van der Waals surface area contributed by atoms with Crippen molar-refractivity contribution in [2.24, 2.45) is 17.8 Å². The molecule has 0 heterocycles. The molecule has 0 fully saturated rings. The van der Waals surface area contributed by atoms with E-state index in [1.165, 1.54) is 186 Å². The molecule has 0 aromatic rings. The van der Waals surface area contributed by atoms with Crippen molar-refractivity contribution in [3.8, 4) is 0 Å². The molecule has 0 saturated carbocycles. The Kier molecular flexibility index (Phi) is 64.3. The topological polar surface area (TPSA) is 237 Å². The molecule has 7 atom stereocenters. The van der Waals surface area contributed by atoms with E-state index in [9.17, 15) is 43.2 Å². The van der Waals surface area contributed by atoms with Gasteiger partial charge in [-0.2, -0.15) is 0 Å². The minimum Gasteiger partial charge on any atom is -0.462 e. The average Bonchev–Trinajstić information content (AvgIpc) is 1.72. The Balaban J connectivity index is 5.17. The van der Waals surface area contributed by atoms with Gasteiger partial charge in [-0.25, -0.2) is 9.13 Å². The van der Waals surface area contributed by atoms with E-state index in [2.05, 4.69) is 48.5 Å². The van der Waals surface area contributed by atoms with E-state index in [0.717, 1.165) is 108 Å². The number of carbonyl (C=O) groups excluding carboxylic acids is 4. The van der Waals surface area contributed by atoms with E-state index < -0.39 is 97.5 Å². The number of phosphoric acid groups is 2. The van der Waals surface area contributed by atoms with E-state index in [-0.39, 0.29) is 25.7 Å². The van der Waals surface area contributed by atoms with Crippen LogP contribution in [0.5, 0.6) is 0 Å². The summed E-state index contributed by atoms with van der Waals surface area (Å²) >= 11 is 0. The predicted octanol–water partition coefficient (Wildman–Crippen LogP) is 21.8. The molecule has 0 spiro atoms. The number of esters is 4. The van der Waals surface area contributed by atoms with Crippen LogP contribution in [0.2, 0.25) is 0 Å². The number of carbonyl (C=O) groups is 4. The van der Waals surface area contributed by atoms with Crippen LogP contribution < -0.4 is 0 Å². The zero-order valence-electron chi connectivity index (χ0n) is 61.4. The van der Waals surface area contributed by atoms with Crippen LogP contribution in [-0.2, 0) is 65.4 Å². The molecular formula is C75H146O17P2. The van der Waals surface area contributed by atoms with Crippen LogP contribution in [0.4, 0.5) is 0 Å². The van der Waals surface area contributed by atoms with Crippen molar-refractivity contribution in [2.45, 2.75) is 401 Å². The molecule has 94 heavy (non-hydrogen) atoms. The highest BCUT2D eigenvalue weighted by Gasteiger charge is 2.30. The van der Waals surface area contributed by atoms with Crippen LogP contribution in [0, 0.1) is 17.8 Å². The van der Waals surface area contributed by atoms with Crippen molar-refractivity contribution in [1.82, 2.24) is 0 Å². The zero-order valence-corrected chi connectivity index (χ0v) is 63.2. The van der Waals surface area contributed by atoms with Crippen molar-refractivity contribution < 1.29 is 80.2 Å². The van der Waals surface area contributed by atoms with Crippen molar-refractivity contribution in [1.29, 1.82) is 0 Å². The fourth-order valence-electron chi connectivity index (χ4n) is 11.4. The maximum Gasteiger partial charge on any atom is 0.472 e. The van der Waals surface area contributed by atoms with Gasteiger partial charge < -0.3 is 33.8 Å². The Hall–Kier alpha value is -1.94. The van der Waals surface area contributed by atoms with Crippen LogP contribution in [-0.4, -0.2) is 96.7 Å². The summed E-state index contributed by atoms with van der Waals surface area (Å²) in [5, 5.41) is 10.6. The molecule has 17 nitrogen and oxygen atoms in total. The molecule has 4 unspecified atom stereocenters. The fraction of sp³-hybridized carbons (Fsp3) is 0.947. The monoisotopic (exact) mass is 1380 g/mol. The molecule has 0 aromatic heterocycles. The molecule has 0 rings (SSSR count). The first-order valence-electron chi connectivity index (χ1n) is 38.9. The van der Waals surface area contributed by atoms with Gasteiger partial charge >= 0.3 is 39.5 Å². The SMILES string of the molecule is CCCCCCCCCCCCCCCC(=O)OC[C@H](COP(=O)(O)OC[C@@H](O)COP(=O)(O)OC[C@@H](COC(=O)CCCCCCCCC(C)C)OC(=O)CCCCCCCCC(C)CC)OC(=O)CCCCCCCCCCCCCCCCCCCCC(C)CC. The summed E-state index contributed by atoms with van der Waals surface area (Å²) in [7, 11) is -9.91. The number of phosphoric ester groups is 2. The van der Waals surface area contributed by atoms with Crippen LogP contribution in [0.15, 0.2) is 0 Å². The van der Waals surface area contributed by atoms with E-state index in [4.69, 9.17) is 37.0 Å². The van der Waals surface area contributed by atoms with Gasteiger partial charge in [0.05, 0.1) is 26.4 Å². The van der Waals surface area contributed by atoms with Crippen LogP contribution in [0.1, 0.15) is 382 Å². The minimum absolute atomic E-state index is 0.102. The largest absolute Gasteiger partial charge is 0.472 e. The third kappa shape index (κ3) is 66.0. The number of hydrogen-bond acceptors (Lipinski definition) is 15. The van der Waals surface area contributed by atoms with Crippen LogP contribution in [0.3, 0.4) is 0 Å². The van der Waals surface area contributed by atoms with Crippen molar-refractivity contribution in [3.63, 3.8) is 0 Å². The molecule has 0 bridgehead atoms. The summed E-state index contributed by atoms with van der Waals surface area (Å²) < 4.78 is 68.4. The molecule has 0 aliphatic heterocycles. The van der Waals surface area contributed by atoms with Crippen LogP contribution in [0.25, 0.3) is 0 Å². The standard InChI is InChI=1S/C75H146O17P2/c1-8-11-12-13-14-15-16-23-27-30-33-42-49-56-72(77)85-62-70(91-74(79)58-51-44-34-31-28-25-22-20-18-17-19-21-24-26-29-32-40-47-54-67(6)9-2)64-89-93(81,82)87-60-69(76)61-88-94(83,84)90-65-71(63-86-73(78)57-50-43-37-35-39-46-53-66(4)5)92-75(80)59-52-45-38-36-41-48-55-68(7)10-3/h66-71,76H,8-65H2,1-7H3,(H,81,82)(H,83,84)/t67?,68?,69-,70-,71-/m1/s1. The number of aliphatic hydroxyl groups excluding tert-OH is 1. The second-order valence-corrected chi connectivity index (χ2v) is 30.9. The lowest BCUT2D eigenvalue weighted by Crippen LogP contribution is -2.30. The maximum atomic E-state index is 13.1. The molecule has 19 heteroatoms. The molecule has 0 aliphatic carbocycles. The first-order valence-corrected chi connectivity index (χ1v) is 41.9. The van der Waals surface area contributed by atoms with Gasteiger partial charge in [0.2, 0.25) is 0 Å². The highest BCUT2D eigenvalue weighted by atomic mass is 31.2. The number of rotatable bonds is 73. The van der Waals surface area contributed by atoms with Crippen molar-refractivity contribution in [2.75, 3.05) is 39.6 Å². The Morgan fingerprint density at radius 1 is 0.309 bits per heavy atom. The Bertz CT molecular complexity index is 1840. The number of hydrogen-bond donors (Lipinski definition) is 3. The third-order valence-corrected chi connectivity index (χ3v) is 20.0. The Morgan fingerprint density at radius 2 is 0.543 bits per heavy atom. The normalized spacial score (nSPS) is 14.7. The summed E-state index contributed by atoms with van der Waals surface area (Å²) in [5.74, 6) is 0.146. The second-order valence-electron chi connectivity index (χ2n) is 28.0. The van der Waals surface area contributed by atoms with Gasteiger partial charge in [0, 0.05) is 25.7 Å². The van der Waals surface area contributed by atoms with Gasteiger partial charge in [0.1, 0.15) is 19.3 Å². The number of ether oxygens (including phenoxy) is 4. The van der Waals surface area contributed by atoms with Gasteiger partial charge in [-0.1, -0.05) is 331 Å². The molecular weight excluding hydrogens is 1230 g/mol. The second kappa shape index (κ2) is 65.7. The molecule has 3 N–H and O–H groups in total. The summed E-state index contributed by atoms with van der Waals surface area (Å²) in [5.41, 5.74) is 0. The van der Waals surface area contributed by atoms with Crippen LogP contribution >= 0.6 is 15.6 Å². The lowest BCUT2D eigenvalue weighted by atomic mass is 9.99. The van der Waals surface area contributed by atoms with E-state index in [0.29, 0.717) is 31.6 Å². The molecule has 0 saturated heterocycles. The molecule has 0 aromatic carbocycles. The first-order chi connectivity index (χ1) is 45.3. The Labute approximate surface area is 575 Å². The number of unbranched alkanes of at least 4 members (excludes halogenated alkanes) is 39. The van der Waals surface area contributed by atoms with Gasteiger partial charge in [0.15, 0.2) is 12.2 Å². The first kappa shape index (κ1) is 92.1. The van der Waals surface area contributed by atoms with E-state index in [1.54, 1.807) is 0 Å². The lowest BCUT2D eigenvalue weighted by Gasteiger charge is -2.21. The maximum absolute atomic E-state index is 13.1. The molecule has 0 amide bonds. The number of aliphatic hydroxyl groups is 1. The zero-order chi connectivity index (χ0) is 69.4. The minimum atomic E-state index is -4.96. The highest BCUT2D eigenvalue weighted by Crippen LogP contribution is 2.45. The van der Waals surface area contributed by atoms with Crippen molar-refractivity contribution >= 4 is 39.5 Å². The quantitative estimate of drug-likeness (QED) is 0.0222. The summed E-state index contributed by atoms with van der Waals surface area (Å²) in [6, 6.07) is 0. The van der Waals surface area contributed by atoms with Gasteiger partial charge in [-0.05, 0) is 43.4 Å². The Morgan fingerprint density at radius 3 is 0.809 bits per heavy atom. The fourth-order valence-corrected chi connectivity index (χ4v) is 12.9. The average molecular weight is 1380 g/mol. The lowest BCUT2D eigenvalue weighted by molar-refractivity contribution is -0.161. The summed E-state index contributed by atoms with van der Waals surface area (Å²) in [4.78, 5) is 72.6. The van der Waals surface area contributed by atoms with Crippen molar-refractivity contribution in [3.05, 3.63) is 0 Å². The summed E-state index contributed by atoms with van der Waals surface area (Å²) in [6.07, 6.45) is 51.6. The molecule has 0 radical (unpaired) electrons. The highest BCUT2D eigenvalue weighted by molar-refractivity contribution is 7.47. The predicted molar refractivity (Wildman–Crippen MR) is 381 cm³/mol. The van der Waals surface area contributed by atoms with Gasteiger partial charge in [-0.3, -0.25) is 37.3 Å². The summed E-state index contributed by atoms with van der Waals surface area (Å²) in [6.45, 7) is 11.8. The van der Waals surface area contributed by atoms with Gasteiger partial charge in [0.25, 0.3) is 0 Å². The molecule has 558 valence electrons. The third-order valence-electron chi connectivity index (χ3n) is 18.1. The van der Waals surface area contributed by atoms with E-state index in [1.807, 2.05) is 0 Å².